The van der Waals surface area contributed by atoms with Gasteiger partial charge in [-0.25, -0.2) is 0 Å². The minimum atomic E-state index is -0.191. The van der Waals surface area contributed by atoms with Gasteiger partial charge in [0.25, 0.3) is 0 Å². The molecule has 2 rings (SSSR count). The number of hydrogen-bond acceptors (Lipinski definition) is 2. The van der Waals surface area contributed by atoms with Gasteiger partial charge in [-0.3, -0.25) is 4.79 Å². The van der Waals surface area contributed by atoms with Crippen molar-refractivity contribution in [2.75, 3.05) is 0 Å². The highest BCUT2D eigenvalue weighted by Crippen LogP contribution is 2.65. The standard InChI is InChI=1S/C13H20O2/c1-10(14)6-9-13-11(2,3)7-5-8-12(13,4)15-13/h6,9H,5,7-8H2,1-4H3/b9-6+/t12-,13-/m0/s1. The van der Waals surface area contributed by atoms with Crippen LogP contribution in [0.15, 0.2) is 12.2 Å². The van der Waals surface area contributed by atoms with Crippen LogP contribution < -0.4 is 0 Å². The number of carbonyl (C=O) groups is 1. The first-order chi connectivity index (χ1) is 6.83. The van der Waals surface area contributed by atoms with E-state index < -0.39 is 0 Å². The number of ketones is 1. The van der Waals surface area contributed by atoms with Crippen LogP contribution in [0.3, 0.4) is 0 Å². The maximum absolute atomic E-state index is 11.0. The van der Waals surface area contributed by atoms with Gasteiger partial charge in [0.2, 0.25) is 0 Å². The first-order valence-electron chi connectivity index (χ1n) is 5.73. The van der Waals surface area contributed by atoms with Gasteiger partial charge in [-0.1, -0.05) is 13.8 Å². The first kappa shape index (κ1) is 10.9. The summed E-state index contributed by atoms with van der Waals surface area (Å²) in [4.78, 5) is 11.0. The van der Waals surface area contributed by atoms with Crippen molar-refractivity contribution in [1.82, 2.24) is 0 Å². The zero-order valence-corrected chi connectivity index (χ0v) is 10.1. The van der Waals surface area contributed by atoms with Crippen LogP contribution in [0.4, 0.5) is 0 Å². The second-order valence-electron chi connectivity index (χ2n) is 5.75. The molecule has 1 heterocycles. The molecule has 0 bridgehead atoms. The van der Waals surface area contributed by atoms with Gasteiger partial charge < -0.3 is 4.74 Å². The lowest BCUT2D eigenvalue weighted by molar-refractivity contribution is -0.112. The van der Waals surface area contributed by atoms with E-state index in [1.807, 2.05) is 6.08 Å². The molecule has 0 aromatic carbocycles. The summed E-state index contributed by atoms with van der Waals surface area (Å²) in [6, 6.07) is 0. The van der Waals surface area contributed by atoms with Crippen LogP contribution in [0.2, 0.25) is 0 Å². The highest BCUT2D eigenvalue weighted by Gasteiger charge is 2.73. The maximum atomic E-state index is 11.0. The molecule has 0 unspecified atom stereocenters. The van der Waals surface area contributed by atoms with Gasteiger partial charge in [0.1, 0.15) is 5.60 Å². The fraction of sp³-hybridized carbons (Fsp3) is 0.769. The highest BCUT2D eigenvalue weighted by molar-refractivity contribution is 5.87. The van der Waals surface area contributed by atoms with Crippen LogP contribution in [-0.2, 0) is 9.53 Å². The first-order valence-corrected chi connectivity index (χ1v) is 5.73. The minimum Gasteiger partial charge on any atom is -0.358 e. The topological polar surface area (TPSA) is 29.6 Å². The van der Waals surface area contributed by atoms with Crippen LogP contribution in [0, 0.1) is 5.41 Å². The highest BCUT2D eigenvalue weighted by atomic mass is 16.6. The summed E-state index contributed by atoms with van der Waals surface area (Å²) >= 11 is 0. The van der Waals surface area contributed by atoms with Crippen LogP contribution in [-0.4, -0.2) is 17.0 Å². The number of carbonyl (C=O) groups excluding carboxylic acids is 1. The number of allylic oxidation sites excluding steroid dienone is 1. The average molecular weight is 208 g/mol. The van der Waals surface area contributed by atoms with Crippen molar-refractivity contribution in [2.24, 2.45) is 5.41 Å². The lowest BCUT2D eigenvalue weighted by Gasteiger charge is -2.36. The summed E-state index contributed by atoms with van der Waals surface area (Å²) in [6.07, 6.45) is 7.16. The minimum absolute atomic E-state index is 0.0271. The molecule has 0 radical (unpaired) electrons. The van der Waals surface area contributed by atoms with Gasteiger partial charge in [-0.15, -0.1) is 0 Å². The molecule has 0 aromatic heterocycles. The molecule has 2 heteroatoms. The van der Waals surface area contributed by atoms with E-state index in [-0.39, 0.29) is 22.4 Å². The predicted octanol–water partition coefficient (Wildman–Crippen LogP) is 2.87. The predicted molar refractivity (Wildman–Crippen MR) is 59.7 cm³/mol. The van der Waals surface area contributed by atoms with E-state index in [0.717, 1.165) is 6.42 Å². The Bertz CT molecular complexity index is 329. The van der Waals surface area contributed by atoms with Gasteiger partial charge in [0.05, 0.1) is 5.60 Å². The van der Waals surface area contributed by atoms with Crippen LogP contribution in [0.5, 0.6) is 0 Å². The zero-order chi connectivity index (χ0) is 11.3. The fourth-order valence-corrected chi connectivity index (χ4v) is 3.14. The largest absolute Gasteiger partial charge is 0.358 e. The second kappa shape index (κ2) is 2.94. The molecule has 0 amide bonds. The molecule has 0 spiro atoms. The molecule has 15 heavy (non-hydrogen) atoms. The van der Waals surface area contributed by atoms with Crippen molar-refractivity contribution >= 4 is 5.78 Å². The second-order valence-corrected chi connectivity index (χ2v) is 5.75. The van der Waals surface area contributed by atoms with Gasteiger partial charge in [-0.05, 0) is 45.3 Å². The molecule has 84 valence electrons. The lowest BCUT2D eigenvalue weighted by Crippen LogP contribution is -2.41. The van der Waals surface area contributed by atoms with Gasteiger partial charge in [0, 0.05) is 5.41 Å². The van der Waals surface area contributed by atoms with E-state index in [4.69, 9.17) is 4.74 Å². The van der Waals surface area contributed by atoms with Crippen molar-refractivity contribution in [1.29, 1.82) is 0 Å². The van der Waals surface area contributed by atoms with Gasteiger partial charge >= 0.3 is 0 Å². The molecule has 2 nitrogen and oxygen atoms in total. The Balaban J connectivity index is 2.29. The monoisotopic (exact) mass is 208 g/mol. The molecular weight excluding hydrogens is 188 g/mol. The Labute approximate surface area is 91.7 Å². The van der Waals surface area contributed by atoms with E-state index >= 15 is 0 Å². The molecule has 1 saturated heterocycles. The Morgan fingerprint density at radius 2 is 1.93 bits per heavy atom. The summed E-state index contributed by atoms with van der Waals surface area (Å²) in [6.45, 7) is 8.23. The third-order valence-corrected chi connectivity index (χ3v) is 4.14. The summed E-state index contributed by atoms with van der Waals surface area (Å²) in [7, 11) is 0. The van der Waals surface area contributed by atoms with Crippen LogP contribution in [0.25, 0.3) is 0 Å². The summed E-state index contributed by atoms with van der Waals surface area (Å²) in [5.41, 5.74) is -0.0728. The van der Waals surface area contributed by atoms with Gasteiger partial charge in [0.15, 0.2) is 5.78 Å². The van der Waals surface area contributed by atoms with E-state index in [2.05, 4.69) is 20.8 Å². The van der Waals surface area contributed by atoms with Gasteiger partial charge in [-0.2, -0.15) is 0 Å². The van der Waals surface area contributed by atoms with Crippen molar-refractivity contribution < 1.29 is 9.53 Å². The summed E-state index contributed by atoms with van der Waals surface area (Å²) in [5.74, 6) is 0.101. The third-order valence-electron chi connectivity index (χ3n) is 4.14. The average Bonchev–Trinajstić information content (AvgIpc) is 2.70. The smallest absolute Gasteiger partial charge is 0.152 e. The van der Waals surface area contributed by atoms with E-state index in [0.29, 0.717) is 0 Å². The Hall–Kier alpha value is -0.630. The maximum Gasteiger partial charge on any atom is 0.152 e. The fourth-order valence-electron chi connectivity index (χ4n) is 3.14. The molecular formula is C13H20O2. The molecule has 1 saturated carbocycles. The number of hydrogen-bond donors (Lipinski definition) is 0. The van der Waals surface area contributed by atoms with E-state index in [9.17, 15) is 4.79 Å². The molecule has 2 fully saturated rings. The normalized spacial score (nSPS) is 42.7. The van der Waals surface area contributed by atoms with Crippen molar-refractivity contribution in [3.8, 4) is 0 Å². The van der Waals surface area contributed by atoms with Crippen molar-refractivity contribution in [3.63, 3.8) is 0 Å². The molecule has 1 aliphatic heterocycles. The lowest BCUT2D eigenvalue weighted by atomic mass is 9.64. The van der Waals surface area contributed by atoms with Crippen LogP contribution >= 0.6 is 0 Å². The van der Waals surface area contributed by atoms with E-state index in [1.165, 1.54) is 12.8 Å². The van der Waals surface area contributed by atoms with Crippen molar-refractivity contribution in [3.05, 3.63) is 12.2 Å². The molecule has 1 aliphatic carbocycles. The summed E-state index contributed by atoms with van der Waals surface area (Å²) in [5, 5.41) is 0. The Morgan fingerprint density at radius 3 is 2.47 bits per heavy atom. The Kier molecular flexibility index (Phi) is 2.13. The number of fused-ring (bicyclic) bond motifs is 1. The Morgan fingerprint density at radius 1 is 1.27 bits per heavy atom. The third kappa shape index (κ3) is 1.38. The molecule has 2 aliphatic rings. The van der Waals surface area contributed by atoms with Crippen molar-refractivity contribution in [2.45, 2.75) is 58.2 Å². The molecule has 0 N–H and O–H groups in total. The number of ether oxygens (including phenoxy) is 1. The zero-order valence-electron chi connectivity index (χ0n) is 10.1. The SMILES string of the molecule is CC(=O)/C=C/[C@@]12O[C@@]1(C)CCCC2(C)C. The van der Waals surface area contributed by atoms with Crippen LogP contribution in [0.1, 0.15) is 47.0 Å². The number of rotatable bonds is 2. The summed E-state index contributed by atoms with van der Waals surface area (Å²) < 4.78 is 5.98. The quantitative estimate of drug-likeness (QED) is 0.516. The molecule has 2 atom stereocenters. The molecule has 0 aromatic rings. The van der Waals surface area contributed by atoms with E-state index in [1.54, 1.807) is 13.0 Å². The number of epoxide rings is 1.